The lowest BCUT2D eigenvalue weighted by atomic mass is 10.1. The molecule has 0 bridgehead atoms. The third kappa shape index (κ3) is 5.27. The predicted octanol–water partition coefficient (Wildman–Crippen LogP) is 0.00390. The molecule has 1 aromatic rings. The largest absolute Gasteiger partial charge is 0.294 e. The lowest BCUT2D eigenvalue weighted by Gasteiger charge is -2.33. The molecular weight excluding hydrogens is 352 g/mol. The van der Waals surface area contributed by atoms with Crippen LogP contribution in [0.2, 0.25) is 0 Å². The number of hydrogen-bond donors (Lipinski definition) is 1. The first-order valence-corrected chi connectivity index (χ1v) is 11.7. The van der Waals surface area contributed by atoms with E-state index >= 15 is 0 Å². The maximum Gasteiger partial charge on any atom is 0.211 e. The maximum absolute atomic E-state index is 11.7. The van der Waals surface area contributed by atoms with Gasteiger partial charge in [0.25, 0.3) is 0 Å². The van der Waals surface area contributed by atoms with E-state index in [0.29, 0.717) is 32.6 Å². The minimum absolute atomic E-state index is 0.0348. The van der Waals surface area contributed by atoms with Crippen LogP contribution in [0.4, 0.5) is 0 Å². The average Bonchev–Trinajstić information content (AvgIpc) is 3.01. The van der Waals surface area contributed by atoms with E-state index in [1.54, 1.807) is 20.0 Å². The Morgan fingerprint density at radius 3 is 2.67 bits per heavy atom. The van der Waals surface area contributed by atoms with Gasteiger partial charge in [0.2, 0.25) is 10.0 Å². The molecular formula is C14H26N4O4S2. The Balaban J connectivity index is 1.98. The van der Waals surface area contributed by atoms with Crippen LogP contribution in [0.3, 0.4) is 0 Å². The summed E-state index contributed by atoms with van der Waals surface area (Å²) in [7, 11) is -6.20. The highest BCUT2D eigenvalue weighted by Crippen LogP contribution is 2.22. The number of rotatable bonds is 9. The first-order chi connectivity index (χ1) is 11.3. The summed E-state index contributed by atoms with van der Waals surface area (Å²) in [5, 5.41) is 4.33. The molecule has 0 fully saturated rings. The Kier molecular flexibility index (Phi) is 6.40. The lowest BCUT2D eigenvalue weighted by molar-refractivity contribution is 0.177. The van der Waals surface area contributed by atoms with E-state index in [0.717, 1.165) is 5.69 Å². The summed E-state index contributed by atoms with van der Waals surface area (Å²) in [5.41, 5.74) is 1.03. The summed E-state index contributed by atoms with van der Waals surface area (Å²) >= 11 is 0. The monoisotopic (exact) mass is 378 g/mol. The van der Waals surface area contributed by atoms with Gasteiger partial charge < -0.3 is 0 Å². The molecule has 0 spiro atoms. The van der Waals surface area contributed by atoms with E-state index in [9.17, 15) is 16.8 Å². The average molecular weight is 379 g/mol. The van der Waals surface area contributed by atoms with Crippen LogP contribution in [-0.2, 0) is 26.4 Å². The molecule has 0 aromatic carbocycles. The molecule has 0 aliphatic carbocycles. The van der Waals surface area contributed by atoms with Gasteiger partial charge in [-0.15, -0.1) is 0 Å². The van der Waals surface area contributed by atoms with Crippen molar-refractivity contribution >= 4 is 19.9 Å². The fraction of sp³-hybridized carbons (Fsp3) is 0.786. The molecule has 0 amide bonds. The van der Waals surface area contributed by atoms with Gasteiger partial charge in [-0.2, -0.15) is 5.10 Å². The molecule has 0 saturated heterocycles. The van der Waals surface area contributed by atoms with Gasteiger partial charge in [0.05, 0.1) is 23.2 Å². The van der Waals surface area contributed by atoms with Crippen LogP contribution in [-0.4, -0.2) is 68.4 Å². The molecule has 2 heterocycles. The molecule has 0 saturated carbocycles. The molecule has 8 nitrogen and oxygen atoms in total. The van der Waals surface area contributed by atoms with Crippen molar-refractivity contribution in [2.24, 2.45) is 0 Å². The summed E-state index contributed by atoms with van der Waals surface area (Å²) in [6.45, 7) is 5.42. The Morgan fingerprint density at radius 1 is 1.25 bits per heavy atom. The van der Waals surface area contributed by atoms with Gasteiger partial charge in [-0.3, -0.25) is 9.58 Å². The van der Waals surface area contributed by atoms with Crippen LogP contribution in [0, 0.1) is 0 Å². The number of nitrogens with zero attached hydrogens (tertiary/aromatic N) is 3. The van der Waals surface area contributed by atoms with Crippen molar-refractivity contribution in [2.75, 3.05) is 36.9 Å². The Bertz CT molecular complexity index is 743. The van der Waals surface area contributed by atoms with Crippen molar-refractivity contribution in [3.05, 3.63) is 18.0 Å². The highest BCUT2D eigenvalue weighted by molar-refractivity contribution is 7.91. The second-order valence-corrected chi connectivity index (χ2v) is 10.5. The number of aromatic nitrogens is 2. The first-order valence-electron chi connectivity index (χ1n) is 8.19. The zero-order chi connectivity index (χ0) is 17.8. The van der Waals surface area contributed by atoms with Crippen LogP contribution in [0.1, 0.15) is 32.0 Å². The topological polar surface area (TPSA) is 101 Å². The van der Waals surface area contributed by atoms with Gasteiger partial charge in [0.15, 0.2) is 9.84 Å². The van der Waals surface area contributed by atoms with Crippen LogP contribution in [0.25, 0.3) is 0 Å². The summed E-state index contributed by atoms with van der Waals surface area (Å²) in [6.07, 6.45) is 2.34. The highest BCUT2D eigenvalue weighted by Gasteiger charge is 2.26. The molecule has 1 aromatic heterocycles. The zero-order valence-corrected chi connectivity index (χ0v) is 15.8. The third-order valence-electron chi connectivity index (χ3n) is 4.29. The molecule has 138 valence electrons. The summed E-state index contributed by atoms with van der Waals surface area (Å²) in [6, 6.07) is 1.96. The number of hydrogen-bond acceptors (Lipinski definition) is 6. The van der Waals surface area contributed by atoms with E-state index in [1.807, 2.05) is 10.7 Å². The van der Waals surface area contributed by atoms with Gasteiger partial charge in [-0.1, -0.05) is 6.92 Å². The van der Waals surface area contributed by atoms with E-state index in [-0.39, 0.29) is 23.3 Å². The van der Waals surface area contributed by atoms with Gasteiger partial charge in [0.1, 0.15) is 0 Å². The summed E-state index contributed by atoms with van der Waals surface area (Å²) in [4.78, 5) is 2.10. The standard InChI is InChI=1S/C14H26N4O4S2/c1-3-23(19,20)10-9-17-11-13-5-7-15-18(13)14(12-17)6-8-16-24(21,22)4-2/h5,7,14,16H,3-4,6,8-12H2,1-2H3/t14-/m0/s1. The molecule has 1 atom stereocenters. The number of sulfone groups is 1. The van der Waals surface area contributed by atoms with Gasteiger partial charge in [0, 0.05) is 38.1 Å². The van der Waals surface area contributed by atoms with Crippen molar-refractivity contribution in [1.29, 1.82) is 0 Å². The minimum atomic E-state index is -3.20. The van der Waals surface area contributed by atoms with Crippen molar-refractivity contribution < 1.29 is 16.8 Å². The molecule has 24 heavy (non-hydrogen) atoms. The van der Waals surface area contributed by atoms with E-state index in [4.69, 9.17) is 0 Å². The molecule has 2 rings (SSSR count). The van der Waals surface area contributed by atoms with Crippen molar-refractivity contribution in [1.82, 2.24) is 19.4 Å². The molecule has 1 N–H and O–H groups in total. The lowest BCUT2D eigenvalue weighted by Crippen LogP contribution is -2.41. The Morgan fingerprint density at radius 2 is 2.00 bits per heavy atom. The molecule has 0 unspecified atom stereocenters. The second kappa shape index (κ2) is 7.94. The number of fused-ring (bicyclic) bond motifs is 1. The van der Waals surface area contributed by atoms with Crippen LogP contribution in [0.15, 0.2) is 12.3 Å². The van der Waals surface area contributed by atoms with Crippen molar-refractivity contribution in [3.63, 3.8) is 0 Å². The molecule has 1 aliphatic rings. The van der Waals surface area contributed by atoms with E-state index in [1.165, 1.54) is 0 Å². The van der Waals surface area contributed by atoms with Gasteiger partial charge in [-0.25, -0.2) is 21.6 Å². The number of nitrogens with one attached hydrogen (secondary N) is 1. The maximum atomic E-state index is 11.7. The summed E-state index contributed by atoms with van der Waals surface area (Å²) in [5.74, 6) is 0.361. The first kappa shape index (κ1) is 19.4. The summed E-state index contributed by atoms with van der Waals surface area (Å²) < 4.78 is 51.0. The van der Waals surface area contributed by atoms with Gasteiger partial charge >= 0.3 is 0 Å². The third-order valence-corrected chi connectivity index (χ3v) is 7.38. The van der Waals surface area contributed by atoms with Crippen LogP contribution in [0.5, 0.6) is 0 Å². The molecule has 0 radical (unpaired) electrons. The van der Waals surface area contributed by atoms with Gasteiger partial charge in [-0.05, 0) is 19.4 Å². The normalized spacial score (nSPS) is 19.3. The quantitative estimate of drug-likeness (QED) is 0.649. The van der Waals surface area contributed by atoms with E-state index in [2.05, 4.69) is 14.7 Å². The smallest absolute Gasteiger partial charge is 0.211 e. The number of sulfonamides is 1. The zero-order valence-electron chi connectivity index (χ0n) is 14.2. The minimum Gasteiger partial charge on any atom is -0.294 e. The molecule has 10 heteroatoms. The van der Waals surface area contributed by atoms with Crippen LogP contribution >= 0.6 is 0 Å². The fourth-order valence-electron chi connectivity index (χ4n) is 2.74. The van der Waals surface area contributed by atoms with Crippen molar-refractivity contribution in [2.45, 2.75) is 32.9 Å². The van der Waals surface area contributed by atoms with Crippen molar-refractivity contribution in [3.8, 4) is 0 Å². The Hall–Kier alpha value is -0.970. The van der Waals surface area contributed by atoms with E-state index < -0.39 is 19.9 Å². The highest BCUT2D eigenvalue weighted by atomic mass is 32.2. The predicted molar refractivity (Wildman–Crippen MR) is 92.9 cm³/mol. The SMILES string of the molecule is CCS(=O)(=O)CCN1Cc2ccnn2[C@@H](CCNS(=O)(=O)CC)C1. The second-order valence-electron chi connectivity index (χ2n) is 5.98. The van der Waals surface area contributed by atoms with Crippen LogP contribution < -0.4 is 4.72 Å². The molecule has 1 aliphatic heterocycles. The Labute approximate surface area is 144 Å². The fourth-order valence-corrected chi connectivity index (χ4v) is 4.20.